The predicted molar refractivity (Wildman–Crippen MR) is 105 cm³/mol. The van der Waals surface area contributed by atoms with Gasteiger partial charge < -0.3 is 10.2 Å². The van der Waals surface area contributed by atoms with Crippen LogP contribution in [0.2, 0.25) is 5.02 Å². The van der Waals surface area contributed by atoms with Crippen molar-refractivity contribution in [2.45, 2.75) is 32.9 Å². The molecule has 1 unspecified atom stereocenters. The Morgan fingerprint density at radius 2 is 1.65 bits per heavy atom. The van der Waals surface area contributed by atoms with E-state index in [2.05, 4.69) is 5.32 Å². The summed E-state index contributed by atoms with van der Waals surface area (Å²) in [6.07, 6.45) is 0.386. The largest absolute Gasteiger partial charge is 0.341 e. The lowest BCUT2D eigenvalue weighted by atomic mass is 10.0. The van der Waals surface area contributed by atoms with Crippen molar-refractivity contribution in [2.24, 2.45) is 5.92 Å². The molecule has 138 valence electrons. The van der Waals surface area contributed by atoms with Crippen LogP contribution in [0.25, 0.3) is 0 Å². The Balaban J connectivity index is 2.16. The van der Waals surface area contributed by atoms with Crippen molar-refractivity contribution in [3.05, 3.63) is 70.7 Å². The van der Waals surface area contributed by atoms with Gasteiger partial charge in [-0.3, -0.25) is 9.59 Å². The van der Waals surface area contributed by atoms with Gasteiger partial charge in [-0.2, -0.15) is 0 Å². The molecule has 0 aromatic heterocycles. The number of hydrogen-bond acceptors (Lipinski definition) is 2. The molecule has 0 radical (unpaired) electrons. The SMILES string of the molecule is CC(C)CC(=O)NC(C(=O)N(C)Cc1ccc(Cl)cc1)c1ccccc1. The normalized spacial score (nSPS) is 11.9. The quantitative estimate of drug-likeness (QED) is 0.791. The highest BCUT2D eigenvalue weighted by Gasteiger charge is 2.25. The molecule has 2 amide bonds. The molecule has 1 N–H and O–H groups in total. The molecule has 2 aromatic carbocycles. The predicted octanol–water partition coefficient (Wildman–Crippen LogP) is 4.20. The molecular weight excluding hydrogens is 348 g/mol. The van der Waals surface area contributed by atoms with Crippen LogP contribution in [0.1, 0.15) is 37.4 Å². The van der Waals surface area contributed by atoms with E-state index in [4.69, 9.17) is 11.6 Å². The van der Waals surface area contributed by atoms with Crippen LogP contribution in [0.5, 0.6) is 0 Å². The molecule has 0 heterocycles. The van der Waals surface area contributed by atoms with Crippen molar-refractivity contribution in [1.29, 1.82) is 0 Å². The Labute approximate surface area is 160 Å². The molecule has 0 spiro atoms. The fourth-order valence-corrected chi connectivity index (χ4v) is 2.81. The van der Waals surface area contributed by atoms with Crippen molar-refractivity contribution >= 4 is 23.4 Å². The molecule has 0 bridgehead atoms. The first-order chi connectivity index (χ1) is 12.4. The lowest BCUT2D eigenvalue weighted by molar-refractivity contribution is -0.136. The van der Waals surface area contributed by atoms with Crippen LogP contribution < -0.4 is 5.32 Å². The third kappa shape index (κ3) is 5.88. The average molecular weight is 373 g/mol. The number of rotatable bonds is 7. The molecule has 0 saturated heterocycles. The van der Waals surface area contributed by atoms with Crippen molar-refractivity contribution in [3.63, 3.8) is 0 Å². The van der Waals surface area contributed by atoms with Gasteiger partial charge in [0.25, 0.3) is 0 Å². The molecule has 0 aliphatic carbocycles. The van der Waals surface area contributed by atoms with Gasteiger partial charge in [-0.1, -0.05) is 67.9 Å². The van der Waals surface area contributed by atoms with E-state index in [-0.39, 0.29) is 17.7 Å². The van der Waals surface area contributed by atoms with E-state index in [0.717, 1.165) is 11.1 Å². The van der Waals surface area contributed by atoms with Crippen LogP contribution >= 0.6 is 11.6 Å². The molecule has 1 atom stereocenters. The molecule has 2 rings (SSSR count). The summed E-state index contributed by atoms with van der Waals surface area (Å²) in [5.74, 6) is -0.0429. The van der Waals surface area contributed by atoms with Crippen molar-refractivity contribution in [3.8, 4) is 0 Å². The van der Waals surface area contributed by atoms with E-state index in [1.807, 2.05) is 56.3 Å². The summed E-state index contributed by atoms with van der Waals surface area (Å²) in [5.41, 5.74) is 1.75. The molecule has 4 nitrogen and oxygen atoms in total. The summed E-state index contributed by atoms with van der Waals surface area (Å²) in [6.45, 7) is 4.40. The van der Waals surface area contributed by atoms with Crippen LogP contribution in [0.3, 0.4) is 0 Å². The maximum Gasteiger partial charge on any atom is 0.249 e. The number of nitrogens with zero attached hydrogens (tertiary/aromatic N) is 1. The summed E-state index contributed by atoms with van der Waals surface area (Å²) in [6, 6.07) is 16.0. The minimum Gasteiger partial charge on any atom is -0.341 e. The van der Waals surface area contributed by atoms with Gasteiger partial charge >= 0.3 is 0 Å². The first kappa shape index (κ1) is 20.0. The smallest absolute Gasteiger partial charge is 0.249 e. The third-order valence-electron chi connectivity index (χ3n) is 3.99. The Morgan fingerprint density at radius 3 is 2.23 bits per heavy atom. The highest BCUT2D eigenvalue weighted by molar-refractivity contribution is 6.30. The zero-order chi connectivity index (χ0) is 19.1. The number of likely N-dealkylation sites (N-methyl/N-ethyl adjacent to an activating group) is 1. The summed E-state index contributed by atoms with van der Waals surface area (Å²) < 4.78 is 0. The number of nitrogens with one attached hydrogen (secondary N) is 1. The van der Waals surface area contributed by atoms with Crippen LogP contribution in [0.15, 0.2) is 54.6 Å². The van der Waals surface area contributed by atoms with Crippen molar-refractivity contribution in [1.82, 2.24) is 10.2 Å². The maximum atomic E-state index is 13.0. The number of amides is 2. The molecule has 5 heteroatoms. The van der Waals surface area contributed by atoms with Gasteiger partial charge in [0.05, 0.1) is 0 Å². The first-order valence-electron chi connectivity index (χ1n) is 8.70. The zero-order valence-electron chi connectivity index (χ0n) is 15.4. The minimum atomic E-state index is -0.695. The van der Waals surface area contributed by atoms with Crippen molar-refractivity contribution < 1.29 is 9.59 Å². The molecule has 0 aliphatic heterocycles. The molecular formula is C21H25ClN2O2. The van der Waals surface area contributed by atoms with Gasteiger partial charge in [-0.25, -0.2) is 0 Å². The van der Waals surface area contributed by atoms with Crippen LogP contribution in [0.4, 0.5) is 0 Å². The highest BCUT2D eigenvalue weighted by atomic mass is 35.5. The van der Waals surface area contributed by atoms with Gasteiger partial charge in [-0.05, 0) is 29.2 Å². The molecule has 0 saturated carbocycles. The standard InChI is InChI=1S/C21H25ClN2O2/c1-15(2)13-19(25)23-20(17-7-5-4-6-8-17)21(26)24(3)14-16-9-11-18(22)12-10-16/h4-12,15,20H,13-14H2,1-3H3,(H,23,25). The van der Waals surface area contributed by atoms with E-state index in [0.29, 0.717) is 18.0 Å². The topological polar surface area (TPSA) is 49.4 Å². The summed E-state index contributed by atoms with van der Waals surface area (Å²) >= 11 is 5.91. The summed E-state index contributed by atoms with van der Waals surface area (Å²) in [4.78, 5) is 26.9. The molecule has 2 aromatic rings. The molecule has 0 fully saturated rings. The summed E-state index contributed by atoms with van der Waals surface area (Å²) in [5, 5.41) is 3.55. The second-order valence-electron chi connectivity index (χ2n) is 6.83. The van der Waals surface area contributed by atoms with E-state index < -0.39 is 6.04 Å². The second-order valence-corrected chi connectivity index (χ2v) is 7.27. The number of carbonyl (C=O) groups is 2. The average Bonchev–Trinajstić information content (AvgIpc) is 2.61. The van der Waals surface area contributed by atoms with Gasteiger partial charge in [0, 0.05) is 25.0 Å². The Hall–Kier alpha value is -2.33. The van der Waals surface area contributed by atoms with Gasteiger partial charge in [0.1, 0.15) is 6.04 Å². The fourth-order valence-electron chi connectivity index (χ4n) is 2.69. The number of benzene rings is 2. The van der Waals surface area contributed by atoms with E-state index in [1.54, 1.807) is 24.1 Å². The van der Waals surface area contributed by atoms with E-state index >= 15 is 0 Å². The monoisotopic (exact) mass is 372 g/mol. The number of carbonyl (C=O) groups excluding carboxylic acids is 2. The van der Waals surface area contributed by atoms with Crippen LogP contribution in [-0.4, -0.2) is 23.8 Å². The van der Waals surface area contributed by atoms with Gasteiger partial charge in [-0.15, -0.1) is 0 Å². The Morgan fingerprint density at radius 1 is 1.04 bits per heavy atom. The van der Waals surface area contributed by atoms with Crippen LogP contribution in [0, 0.1) is 5.92 Å². The summed E-state index contributed by atoms with van der Waals surface area (Å²) in [7, 11) is 1.74. The Bertz CT molecular complexity index is 729. The maximum absolute atomic E-state index is 13.0. The van der Waals surface area contributed by atoms with E-state index in [1.165, 1.54) is 0 Å². The molecule has 0 aliphatic rings. The van der Waals surface area contributed by atoms with Crippen molar-refractivity contribution in [2.75, 3.05) is 7.05 Å². The first-order valence-corrected chi connectivity index (χ1v) is 9.08. The lowest BCUT2D eigenvalue weighted by Gasteiger charge is -2.25. The van der Waals surface area contributed by atoms with Gasteiger partial charge in [0.2, 0.25) is 11.8 Å². The zero-order valence-corrected chi connectivity index (χ0v) is 16.2. The highest BCUT2D eigenvalue weighted by Crippen LogP contribution is 2.18. The number of hydrogen-bond donors (Lipinski definition) is 1. The molecule has 26 heavy (non-hydrogen) atoms. The van der Waals surface area contributed by atoms with Gasteiger partial charge in [0.15, 0.2) is 0 Å². The number of halogens is 1. The van der Waals surface area contributed by atoms with Crippen LogP contribution in [-0.2, 0) is 16.1 Å². The third-order valence-corrected chi connectivity index (χ3v) is 4.24. The minimum absolute atomic E-state index is 0.123. The Kier molecular flexibility index (Phi) is 7.22. The fraction of sp³-hybridized carbons (Fsp3) is 0.333. The second kappa shape index (κ2) is 9.39. The lowest BCUT2D eigenvalue weighted by Crippen LogP contribution is -2.41. The van der Waals surface area contributed by atoms with E-state index in [9.17, 15) is 9.59 Å².